The van der Waals surface area contributed by atoms with E-state index >= 15 is 0 Å². The average Bonchev–Trinajstić information content (AvgIpc) is 2.20. The van der Waals surface area contributed by atoms with Crippen LogP contribution in [0.15, 0.2) is 10.8 Å². The first kappa shape index (κ1) is 13.2. The third kappa shape index (κ3) is 3.63. The van der Waals surface area contributed by atoms with Crippen LogP contribution >= 0.6 is 15.9 Å². The number of halogens is 1. The molecule has 90 valence electrons. The van der Waals surface area contributed by atoms with Gasteiger partial charge in [-0.25, -0.2) is 9.97 Å². The van der Waals surface area contributed by atoms with E-state index in [0.29, 0.717) is 11.8 Å². The quantitative estimate of drug-likeness (QED) is 0.904. The Labute approximate surface area is 105 Å². The van der Waals surface area contributed by atoms with Crippen molar-refractivity contribution in [2.24, 2.45) is 5.92 Å². The Bertz CT molecular complexity index is 344. The van der Waals surface area contributed by atoms with Crippen LogP contribution in [0.4, 0.5) is 5.82 Å². The van der Waals surface area contributed by atoms with Crippen molar-refractivity contribution in [3.05, 3.63) is 10.8 Å². The van der Waals surface area contributed by atoms with Crippen LogP contribution in [0.5, 0.6) is 5.88 Å². The van der Waals surface area contributed by atoms with Crippen LogP contribution in [0.3, 0.4) is 0 Å². The fraction of sp³-hybridized carbons (Fsp3) is 0.636. The van der Waals surface area contributed by atoms with Gasteiger partial charge < -0.3 is 10.1 Å². The summed E-state index contributed by atoms with van der Waals surface area (Å²) in [5.74, 6) is 1.94. The molecule has 1 atom stereocenters. The first-order chi connectivity index (χ1) is 7.54. The second-order valence-corrected chi connectivity index (χ2v) is 4.94. The molecule has 0 amide bonds. The van der Waals surface area contributed by atoms with E-state index in [4.69, 9.17) is 4.74 Å². The van der Waals surface area contributed by atoms with Gasteiger partial charge >= 0.3 is 0 Å². The Morgan fingerprint density at radius 1 is 1.38 bits per heavy atom. The Balaban J connectivity index is 2.73. The van der Waals surface area contributed by atoms with Crippen molar-refractivity contribution >= 4 is 21.7 Å². The lowest BCUT2D eigenvalue weighted by atomic mass is 10.1. The van der Waals surface area contributed by atoms with Crippen LogP contribution in [0, 0.1) is 5.92 Å². The van der Waals surface area contributed by atoms with Crippen LogP contribution in [-0.4, -0.2) is 23.1 Å². The van der Waals surface area contributed by atoms with Gasteiger partial charge in [-0.2, -0.15) is 0 Å². The maximum Gasteiger partial charge on any atom is 0.233 e. The SMILES string of the molecule is CNc1ncnc(OC(C)CC(C)C)c1Br. The van der Waals surface area contributed by atoms with Crippen molar-refractivity contribution < 1.29 is 4.74 Å². The highest BCUT2D eigenvalue weighted by Crippen LogP contribution is 2.29. The minimum Gasteiger partial charge on any atom is -0.474 e. The van der Waals surface area contributed by atoms with E-state index in [1.54, 1.807) is 0 Å². The van der Waals surface area contributed by atoms with Crippen LogP contribution in [0.25, 0.3) is 0 Å². The van der Waals surface area contributed by atoms with Gasteiger partial charge in [-0.1, -0.05) is 13.8 Å². The van der Waals surface area contributed by atoms with Crippen LogP contribution < -0.4 is 10.1 Å². The second kappa shape index (κ2) is 6.03. The maximum atomic E-state index is 5.76. The number of nitrogens with one attached hydrogen (secondary N) is 1. The molecular weight excluding hydrogens is 270 g/mol. The van der Waals surface area contributed by atoms with Crippen molar-refractivity contribution in [2.45, 2.75) is 33.3 Å². The van der Waals surface area contributed by atoms with Gasteiger partial charge in [0.05, 0.1) is 6.10 Å². The number of rotatable bonds is 5. The summed E-state index contributed by atoms with van der Waals surface area (Å²) in [6.07, 6.45) is 2.65. The Hall–Kier alpha value is -0.840. The van der Waals surface area contributed by atoms with Gasteiger partial charge in [-0.05, 0) is 35.2 Å². The van der Waals surface area contributed by atoms with E-state index < -0.39 is 0 Å². The van der Waals surface area contributed by atoms with Gasteiger partial charge in [0.1, 0.15) is 16.6 Å². The summed E-state index contributed by atoms with van der Waals surface area (Å²) >= 11 is 3.42. The molecule has 0 aliphatic heterocycles. The molecule has 16 heavy (non-hydrogen) atoms. The van der Waals surface area contributed by atoms with Crippen molar-refractivity contribution in [1.29, 1.82) is 0 Å². The van der Waals surface area contributed by atoms with Gasteiger partial charge in [0.2, 0.25) is 5.88 Å². The van der Waals surface area contributed by atoms with E-state index in [9.17, 15) is 0 Å². The summed E-state index contributed by atoms with van der Waals surface area (Å²) in [7, 11) is 1.81. The van der Waals surface area contributed by atoms with E-state index in [2.05, 4.69) is 45.1 Å². The first-order valence-corrected chi connectivity index (χ1v) is 6.18. The molecule has 0 aromatic carbocycles. The third-order valence-corrected chi connectivity index (χ3v) is 2.83. The topological polar surface area (TPSA) is 47.0 Å². The number of ether oxygens (including phenoxy) is 1. The molecule has 0 aliphatic carbocycles. The summed E-state index contributed by atoms with van der Waals surface area (Å²) in [5, 5.41) is 2.97. The summed E-state index contributed by atoms with van der Waals surface area (Å²) in [6.45, 7) is 6.40. The van der Waals surface area contributed by atoms with Gasteiger partial charge in [-0.3, -0.25) is 0 Å². The number of hydrogen-bond donors (Lipinski definition) is 1. The molecule has 5 heteroatoms. The standard InChI is InChI=1S/C11H18BrN3O/c1-7(2)5-8(3)16-11-9(12)10(13-4)14-6-15-11/h6-8H,5H2,1-4H3,(H,13,14,15). The molecule has 1 heterocycles. The van der Waals surface area contributed by atoms with Gasteiger partial charge in [0, 0.05) is 7.05 Å². The number of nitrogens with zero attached hydrogens (tertiary/aromatic N) is 2. The van der Waals surface area contributed by atoms with E-state index in [0.717, 1.165) is 16.7 Å². The fourth-order valence-electron chi connectivity index (χ4n) is 1.51. The van der Waals surface area contributed by atoms with Crippen LogP contribution in [0.1, 0.15) is 27.2 Å². The molecule has 0 saturated carbocycles. The predicted molar refractivity (Wildman–Crippen MR) is 68.8 cm³/mol. The molecule has 1 unspecified atom stereocenters. The van der Waals surface area contributed by atoms with E-state index in [1.807, 2.05) is 14.0 Å². The Kier molecular flexibility index (Phi) is 4.99. The molecule has 0 fully saturated rings. The van der Waals surface area contributed by atoms with Crippen molar-refractivity contribution in [2.75, 3.05) is 12.4 Å². The molecule has 0 spiro atoms. The number of aromatic nitrogens is 2. The zero-order valence-corrected chi connectivity index (χ0v) is 11.7. The van der Waals surface area contributed by atoms with Gasteiger partial charge in [0.25, 0.3) is 0 Å². The van der Waals surface area contributed by atoms with E-state index in [1.165, 1.54) is 6.33 Å². The molecule has 1 aromatic heterocycles. The Morgan fingerprint density at radius 3 is 2.62 bits per heavy atom. The highest BCUT2D eigenvalue weighted by molar-refractivity contribution is 9.10. The zero-order chi connectivity index (χ0) is 12.1. The fourth-order valence-corrected chi connectivity index (χ4v) is 2.01. The van der Waals surface area contributed by atoms with Gasteiger partial charge in [-0.15, -0.1) is 0 Å². The first-order valence-electron chi connectivity index (χ1n) is 5.39. The Morgan fingerprint density at radius 2 is 2.06 bits per heavy atom. The smallest absolute Gasteiger partial charge is 0.233 e. The van der Waals surface area contributed by atoms with E-state index in [-0.39, 0.29) is 6.10 Å². The normalized spacial score (nSPS) is 12.6. The van der Waals surface area contributed by atoms with Crippen molar-refractivity contribution in [1.82, 2.24) is 9.97 Å². The highest BCUT2D eigenvalue weighted by Gasteiger charge is 2.13. The molecule has 0 radical (unpaired) electrons. The molecule has 1 aromatic rings. The zero-order valence-electron chi connectivity index (χ0n) is 10.1. The van der Waals surface area contributed by atoms with Gasteiger partial charge in [0.15, 0.2) is 0 Å². The highest BCUT2D eigenvalue weighted by atomic mass is 79.9. The monoisotopic (exact) mass is 287 g/mol. The molecule has 1 rings (SSSR count). The lowest BCUT2D eigenvalue weighted by molar-refractivity contribution is 0.184. The summed E-state index contributed by atoms with van der Waals surface area (Å²) in [4.78, 5) is 8.19. The largest absolute Gasteiger partial charge is 0.474 e. The lowest BCUT2D eigenvalue weighted by Crippen LogP contribution is -2.15. The number of anilines is 1. The summed E-state index contributed by atoms with van der Waals surface area (Å²) in [6, 6.07) is 0. The van der Waals surface area contributed by atoms with Crippen molar-refractivity contribution in [3.63, 3.8) is 0 Å². The molecular formula is C11H18BrN3O. The van der Waals surface area contributed by atoms with Crippen LogP contribution in [-0.2, 0) is 0 Å². The minimum absolute atomic E-state index is 0.149. The third-order valence-electron chi connectivity index (χ3n) is 2.11. The average molecular weight is 288 g/mol. The number of hydrogen-bond acceptors (Lipinski definition) is 4. The summed E-state index contributed by atoms with van der Waals surface area (Å²) in [5.41, 5.74) is 0. The molecule has 0 saturated heterocycles. The molecule has 0 aliphatic rings. The summed E-state index contributed by atoms with van der Waals surface area (Å²) < 4.78 is 6.53. The van der Waals surface area contributed by atoms with Crippen molar-refractivity contribution in [3.8, 4) is 5.88 Å². The lowest BCUT2D eigenvalue weighted by Gasteiger charge is -2.17. The minimum atomic E-state index is 0.149. The van der Waals surface area contributed by atoms with Crippen LogP contribution in [0.2, 0.25) is 0 Å². The molecule has 0 bridgehead atoms. The maximum absolute atomic E-state index is 5.76. The second-order valence-electron chi connectivity index (χ2n) is 4.15. The molecule has 4 nitrogen and oxygen atoms in total. The predicted octanol–water partition coefficient (Wildman–Crippen LogP) is 3.09. The molecule has 1 N–H and O–H groups in total.